The van der Waals surface area contributed by atoms with E-state index in [-0.39, 0.29) is 6.61 Å². The van der Waals surface area contributed by atoms with Gasteiger partial charge in [0.2, 0.25) is 0 Å². The summed E-state index contributed by atoms with van der Waals surface area (Å²) in [5.74, 6) is 1.14. The second-order valence-corrected chi connectivity index (χ2v) is 5.03. The maximum absolute atomic E-state index is 11.8. The summed E-state index contributed by atoms with van der Waals surface area (Å²) in [6.07, 6.45) is 1.49. The van der Waals surface area contributed by atoms with E-state index in [2.05, 4.69) is 10.5 Å². The number of amides is 1. The molecule has 1 amide bonds. The summed E-state index contributed by atoms with van der Waals surface area (Å²) in [4.78, 5) is 11.8. The molecule has 0 bridgehead atoms. The summed E-state index contributed by atoms with van der Waals surface area (Å²) in [5.41, 5.74) is 3.47. The van der Waals surface area contributed by atoms with Gasteiger partial charge in [0, 0.05) is 0 Å². The first-order chi connectivity index (χ1) is 12.7. The third kappa shape index (κ3) is 5.24. The first kappa shape index (κ1) is 18.8. The third-order valence-electron chi connectivity index (χ3n) is 3.26. The molecule has 0 saturated carbocycles. The Morgan fingerprint density at radius 3 is 2.73 bits per heavy atom. The van der Waals surface area contributed by atoms with Crippen molar-refractivity contribution >= 4 is 12.1 Å². The smallest absolute Gasteiger partial charge is 0.277 e. The molecule has 7 nitrogen and oxygen atoms in total. The van der Waals surface area contributed by atoms with Gasteiger partial charge in [-0.3, -0.25) is 4.79 Å². The molecule has 0 fully saturated rings. The highest BCUT2D eigenvalue weighted by Crippen LogP contribution is 2.27. The molecule has 0 aliphatic carbocycles. The monoisotopic (exact) mass is 353 g/mol. The molecule has 0 aromatic heterocycles. The Balaban J connectivity index is 1.89. The summed E-state index contributed by atoms with van der Waals surface area (Å²) >= 11 is 0. The van der Waals surface area contributed by atoms with E-state index in [1.807, 2.05) is 13.0 Å². The van der Waals surface area contributed by atoms with Gasteiger partial charge in [-0.25, -0.2) is 5.43 Å². The van der Waals surface area contributed by atoms with Crippen molar-refractivity contribution in [2.24, 2.45) is 5.10 Å². The van der Waals surface area contributed by atoms with E-state index in [0.717, 1.165) is 5.56 Å². The number of hydrogen-bond donors (Lipinski definition) is 1. The minimum atomic E-state index is -0.438. The maximum Gasteiger partial charge on any atom is 0.277 e. The van der Waals surface area contributed by atoms with Gasteiger partial charge in [0.15, 0.2) is 18.1 Å². The molecule has 134 valence electrons. The van der Waals surface area contributed by atoms with Crippen molar-refractivity contribution < 1.29 is 19.0 Å². The fourth-order valence-electron chi connectivity index (χ4n) is 2.08. The van der Waals surface area contributed by atoms with Gasteiger partial charge in [-0.2, -0.15) is 10.4 Å². The fraction of sp³-hybridized carbons (Fsp3) is 0.211. The largest absolute Gasteiger partial charge is 0.493 e. The highest BCUT2D eigenvalue weighted by molar-refractivity contribution is 5.83. The second kappa shape index (κ2) is 9.69. The molecule has 2 aromatic carbocycles. The Kier molecular flexibility index (Phi) is 7.01. The lowest BCUT2D eigenvalue weighted by Gasteiger charge is -2.09. The van der Waals surface area contributed by atoms with Crippen molar-refractivity contribution in [3.63, 3.8) is 0 Å². The van der Waals surface area contributed by atoms with E-state index >= 15 is 0 Å². The molecule has 26 heavy (non-hydrogen) atoms. The molecule has 0 unspecified atom stereocenters. The van der Waals surface area contributed by atoms with Gasteiger partial charge in [-0.05, 0) is 42.8 Å². The highest BCUT2D eigenvalue weighted by Gasteiger charge is 2.06. The predicted molar refractivity (Wildman–Crippen MR) is 96.6 cm³/mol. The number of carbonyl (C=O) groups is 1. The Hall–Kier alpha value is -3.53. The lowest BCUT2D eigenvalue weighted by molar-refractivity contribution is -0.123. The number of hydrogen-bond acceptors (Lipinski definition) is 6. The van der Waals surface area contributed by atoms with Crippen LogP contribution in [0.4, 0.5) is 0 Å². The Morgan fingerprint density at radius 1 is 1.19 bits per heavy atom. The number of carbonyl (C=O) groups excluding carboxylic acids is 1. The summed E-state index contributed by atoms with van der Waals surface area (Å²) in [6, 6.07) is 14.0. The summed E-state index contributed by atoms with van der Waals surface area (Å²) in [7, 11) is 1.55. The molecule has 0 atom stereocenters. The number of ether oxygens (including phenoxy) is 3. The molecule has 0 radical (unpaired) electrons. The van der Waals surface area contributed by atoms with Gasteiger partial charge in [0.25, 0.3) is 5.91 Å². The van der Waals surface area contributed by atoms with Crippen molar-refractivity contribution in [3.8, 4) is 23.3 Å². The minimum Gasteiger partial charge on any atom is -0.493 e. The van der Waals surface area contributed by atoms with Crippen LogP contribution in [-0.4, -0.2) is 32.4 Å². The zero-order chi connectivity index (χ0) is 18.8. The molecule has 0 heterocycles. The molecule has 0 saturated heterocycles. The lowest BCUT2D eigenvalue weighted by Crippen LogP contribution is -2.24. The van der Waals surface area contributed by atoms with Crippen molar-refractivity contribution in [2.75, 3.05) is 20.3 Å². The van der Waals surface area contributed by atoms with Crippen molar-refractivity contribution in [1.29, 1.82) is 5.26 Å². The first-order valence-corrected chi connectivity index (χ1v) is 7.92. The quantitative estimate of drug-likeness (QED) is 0.581. The average Bonchev–Trinajstić information content (AvgIpc) is 2.67. The zero-order valence-corrected chi connectivity index (χ0v) is 14.6. The van der Waals surface area contributed by atoms with E-state index in [4.69, 9.17) is 19.5 Å². The number of benzene rings is 2. The molecule has 1 N–H and O–H groups in total. The Bertz CT molecular complexity index is 828. The van der Waals surface area contributed by atoms with Gasteiger partial charge in [-0.15, -0.1) is 0 Å². The molecule has 2 rings (SSSR count). The zero-order valence-electron chi connectivity index (χ0n) is 14.6. The second-order valence-electron chi connectivity index (χ2n) is 5.03. The lowest BCUT2D eigenvalue weighted by atomic mass is 10.2. The average molecular weight is 353 g/mol. The molecule has 0 spiro atoms. The van der Waals surface area contributed by atoms with Crippen LogP contribution in [0.3, 0.4) is 0 Å². The van der Waals surface area contributed by atoms with E-state index in [1.165, 1.54) is 6.21 Å². The van der Waals surface area contributed by atoms with E-state index in [0.29, 0.717) is 29.4 Å². The van der Waals surface area contributed by atoms with Gasteiger partial charge < -0.3 is 14.2 Å². The number of para-hydroxylation sites is 1. The van der Waals surface area contributed by atoms with Crippen LogP contribution in [0.15, 0.2) is 47.6 Å². The number of nitrogens with zero attached hydrogens (tertiary/aromatic N) is 2. The number of hydrazone groups is 1. The van der Waals surface area contributed by atoms with E-state index in [9.17, 15) is 4.79 Å². The van der Waals surface area contributed by atoms with Crippen molar-refractivity contribution in [3.05, 3.63) is 53.6 Å². The summed E-state index contributed by atoms with van der Waals surface area (Å²) < 4.78 is 16.0. The van der Waals surface area contributed by atoms with Crippen LogP contribution in [0.5, 0.6) is 17.2 Å². The van der Waals surface area contributed by atoms with Crippen molar-refractivity contribution in [2.45, 2.75) is 6.92 Å². The number of methoxy groups -OCH3 is 1. The molecule has 0 aliphatic rings. The Labute approximate surface area is 151 Å². The minimum absolute atomic E-state index is 0.247. The van der Waals surface area contributed by atoms with Crippen molar-refractivity contribution in [1.82, 2.24) is 5.43 Å². The van der Waals surface area contributed by atoms with Crippen LogP contribution in [0.25, 0.3) is 0 Å². The van der Waals surface area contributed by atoms with Gasteiger partial charge in [0.1, 0.15) is 11.8 Å². The molecule has 2 aromatic rings. The predicted octanol–water partition coefficient (Wildman–Crippen LogP) is 2.49. The van der Waals surface area contributed by atoms with Gasteiger partial charge in [-0.1, -0.05) is 12.1 Å². The van der Waals surface area contributed by atoms with Gasteiger partial charge in [0.05, 0.1) is 25.5 Å². The summed E-state index contributed by atoms with van der Waals surface area (Å²) in [5, 5.41) is 12.9. The molecular formula is C19H19N3O4. The van der Waals surface area contributed by atoms with Crippen LogP contribution in [-0.2, 0) is 4.79 Å². The van der Waals surface area contributed by atoms with Crippen LogP contribution >= 0.6 is 0 Å². The number of nitrogens with one attached hydrogen (secondary N) is 1. The number of rotatable bonds is 8. The fourth-order valence-corrected chi connectivity index (χ4v) is 2.08. The molecule has 0 aliphatic heterocycles. The van der Waals surface area contributed by atoms with Crippen LogP contribution < -0.4 is 19.6 Å². The van der Waals surface area contributed by atoms with E-state index < -0.39 is 5.91 Å². The number of nitriles is 1. The standard InChI is InChI=1S/C19H19N3O4/c1-3-25-17-9-8-14(10-18(17)24-2)12-21-22-19(23)13-26-16-7-5-4-6-15(16)11-20/h4-10,12H,3,13H2,1-2H3,(H,22,23)/b21-12-. The van der Waals surface area contributed by atoms with E-state index in [1.54, 1.807) is 49.6 Å². The third-order valence-corrected chi connectivity index (χ3v) is 3.26. The summed E-state index contributed by atoms with van der Waals surface area (Å²) in [6.45, 7) is 2.18. The van der Waals surface area contributed by atoms with Crippen LogP contribution in [0, 0.1) is 11.3 Å². The highest BCUT2D eigenvalue weighted by atomic mass is 16.5. The topological polar surface area (TPSA) is 92.9 Å². The maximum atomic E-state index is 11.8. The molecular weight excluding hydrogens is 334 g/mol. The van der Waals surface area contributed by atoms with Crippen LogP contribution in [0.1, 0.15) is 18.1 Å². The first-order valence-electron chi connectivity index (χ1n) is 7.92. The van der Waals surface area contributed by atoms with Gasteiger partial charge >= 0.3 is 0 Å². The van der Waals surface area contributed by atoms with Crippen LogP contribution in [0.2, 0.25) is 0 Å². The normalized spacial score (nSPS) is 10.2. The Morgan fingerprint density at radius 2 is 2.00 bits per heavy atom. The SMILES string of the molecule is CCOc1ccc(/C=N\NC(=O)COc2ccccc2C#N)cc1OC. The molecule has 7 heteroatoms.